The highest BCUT2D eigenvalue weighted by atomic mass is 32.2. The Hall–Kier alpha value is -2.67. The van der Waals surface area contributed by atoms with Gasteiger partial charge in [0.1, 0.15) is 17.5 Å². The average molecular weight is 467 g/mol. The van der Waals surface area contributed by atoms with Gasteiger partial charge in [-0.05, 0) is 25.7 Å². The summed E-state index contributed by atoms with van der Waals surface area (Å²) in [4.78, 5) is 47.5. The van der Waals surface area contributed by atoms with Crippen molar-refractivity contribution in [1.82, 2.24) is 19.6 Å². The van der Waals surface area contributed by atoms with Gasteiger partial charge in [0.25, 0.3) is 11.8 Å². The Morgan fingerprint density at radius 2 is 2.03 bits per heavy atom. The summed E-state index contributed by atoms with van der Waals surface area (Å²) < 4.78 is 4.06. The summed E-state index contributed by atoms with van der Waals surface area (Å²) in [5, 5.41) is 15.6. The molecule has 0 aromatic carbocycles. The fraction of sp³-hybridized carbons (Fsp3) is 0.556. The quantitative estimate of drug-likeness (QED) is 0.240. The summed E-state index contributed by atoms with van der Waals surface area (Å²) in [6.07, 6.45) is 7.34. The Labute approximate surface area is 186 Å². The van der Waals surface area contributed by atoms with E-state index in [1.165, 1.54) is 22.9 Å². The van der Waals surface area contributed by atoms with E-state index in [0.717, 1.165) is 50.1 Å². The zero-order valence-corrected chi connectivity index (χ0v) is 18.2. The molecule has 31 heavy (non-hydrogen) atoms. The van der Waals surface area contributed by atoms with E-state index in [0.29, 0.717) is 0 Å². The van der Waals surface area contributed by atoms with Crippen LogP contribution in [0.25, 0.3) is 0 Å². The number of carboxylic acids is 1. The van der Waals surface area contributed by atoms with Crippen molar-refractivity contribution in [2.75, 3.05) is 11.5 Å². The lowest BCUT2D eigenvalue weighted by atomic mass is 10.1. The molecule has 2 fully saturated rings. The van der Waals surface area contributed by atoms with Crippen LogP contribution in [-0.2, 0) is 19.2 Å². The van der Waals surface area contributed by atoms with Crippen molar-refractivity contribution < 1.29 is 24.3 Å². The number of oxime groups is 1. The van der Waals surface area contributed by atoms with E-state index in [1.54, 1.807) is 0 Å². The number of β-lactam (4-membered cyclic amide) rings is 1. The van der Waals surface area contributed by atoms with Crippen LogP contribution in [0, 0.1) is 0 Å². The molecule has 166 valence electrons. The maximum Gasteiger partial charge on any atom is 0.333 e. The van der Waals surface area contributed by atoms with E-state index < -0.39 is 17.9 Å². The number of anilines is 1. The van der Waals surface area contributed by atoms with Gasteiger partial charge in [-0.3, -0.25) is 9.59 Å². The number of nitrogens with one attached hydrogen (secondary N) is 1. The van der Waals surface area contributed by atoms with Gasteiger partial charge in [-0.2, -0.15) is 9.36 Å². The summed E-state index contributed by atoms with van der Waals surface area (Å²) >= 11 is 2.21. The maximum absolute atomic E-state index is 13.0. The lowest BCUT2D eigenvalue weighted by Gasteiger charge is -2.46. The summed E-state index contributed by atoms with van der Waals surface area (Å²) in [6.45, 7) is 0. The first kappa shape index (κ1) is 21.6. The number of hydrogen-bond donors (Lipinski definition) is 3. The number of hydrogen-bond acceptors (Lipinski definition) is 10. The Morgan fingerprint density at radius 3 is 2.68 bits per heavy atom. The second kappa shape index (κ2) is 9.22. The monoisotopic (exact) mass is 466 g/mol. The van der Waals surface area contributed by atoms with Crippen molar-refractivity contribution in [3.8, 4) is 0 Å². The zero-order chi connectivity index (χ0) is 22.0. The molecule has 2 aliphatic heterocycles. The van der Waals surface area contributed by atoms with Gasteiger partial charge in [0.2, 0.25) is 11.5 Å². The number of fused-ring (bicyclic) bond motifs is 1. The molecule has 2 amide bonds. The first-order valence-corrected chi connectivity index (χ1v) is 11.8. The van der Waals surface area contributed by atoms with Crippen molar-refractivity contribution >= 4 is 51.9 Å². The van der Waals surface area contributed by atoms with E-state index >= 15 is 0 Å². The first-order valence-electron chi connectivity index (χ1n) is 9.96. The van der Waals surface area contributed by atoms with E-state index in [-0.39, 0.29) is 45.4 Å². The molecule has 0 bridgehead atoms. The van der Waals surface area contributed by atoms with Gasteiger partial charge in [-0.1, -0.05) is 18.0 Å². The van der Waals surface area contributed by atoms with Crippen molar-refractivity contribution in [1.29, 1.82) is 0 Å². The fourth-order valence-corrected chi connectivity index (χ4v) is 5.31. The Kier molecular flexibility index (Phi) is 6.41. The highest BCUT2D eigenvalue weighted by Crippen LogP contribution is 2.36. The van der Waals surface area contributed by atoms with Crippen molar-refractivity contribution in [2.45, 2.75) is 56.0 Å². The van der Waals surface area contributed by atoms with Gasteiger partial charge in [0.15, 0.2) is 5.13 Å². The topological polar surface area (TPSA) is 160 Å². The minimum Gasteiger partial charge on any atom is -0.478 e. The van der Waals surface area contributed by atoms with Crippen LogP contribution in [0.4, 0.5) is 5.13 Å². The number of carbonyl (C=O) groups excluding carboxylic acids is 2. The van der Waals surface area contributed by atoms with Crippen LogP contribution in [0.2, 0.25) is 0 Å². The number of carboxylic acid groups (broad SMARTS) is 1. The van der Waals surface area contributed by atoms with Gasteiger partial charge < -0.3 is 25.9 Å². The number of aliphatic carboxylic acids is 1. The van der Waals surface area contributed by atoms with Gasteiger partial charge in [-0.15, -0.1) is 11.8 Å². The number of nitrogens with zero attached hydrogens (tertiary/aromatic N) is 4. The third-order valence-electron chi connectivity index (χ3n) is 5.31. The molecular formula is C18H22N6O5S2. The highest BCUT2D eigenvalue weighted by molar-refractivity contribution is 8.00. The molecule has 1 saturated carbocycles. The highest BCUT2D eigenvalue weighted by Gasteiger charge is 2.50. The molecule has 1 aromatic heterocycles. The molecule has 1 unspecified atom stereocenters. The van der Waals surface area contributed by atoms with Crippen LogP contribution >= 0.6 is 23.3 Å². The predicted molar refractivity (Wildman–Crippen MR) is 114 cm³/mol. The minimum atomic E-state index is -1.07. The van der Waals surface area contributed by atoms with Crippen molar-refractivity contribution in [3.63, 3.8) is 0 Å². The lowest BCUT2D eigenvalue weighted by molar-refractivity contribution is -0.144. The maximum atomic E-state index is 13.0. The molecule has 0 spiro atoms. The molecular weight excluding hydrogens is 444 g/mol. The molecule has 11 nitrogen and oxygen atoms in total. The number of aromatic nitrogens is 2. The van der Waals surface area contributed by atoms with Crippen LogP contribution in [0.15, 0.2) is 16.9 Å². The van der Waals surface area contributed by atoms with Gasteiger partial charge in [0.05, 0.1) is 5.57 Å². The molecule has 2 atom stereocenters. The SMILES string of the molecule is Nc1nc(C(=NOC2CCCCCC2)C(=O)NC2C(=O)N3C=C(C(=O)O)CS[C@H]23)ns1. The number of nitrogen functional groups attached to an aromatic ring is 1. The Bertz CT molecular complexity index is 940. The van der Waals surface area contributed by atoms with Gasteiger partial charge in [-0.25, -0.2) is 4.79 Å². The molecule has 13 heteroatoms. The molecule has 4 N–H and O–H groups in total. The Balaban J connectivity index is 1.47. The number of rotatable bonds is 6. The molecule has 1 aliphatic carbocycles. The van der Waals surface area contributed by atoms with Crippen LogP contribution < -0.4 is 11.1 Å². The summed E-state index contributed by atoms with van der Waals surface area (Å²) in [5.41, 5.74) is 5.67. The van der Waals surface area contributed by atoms with Crippen molar-refractivity contribution in [2.24, 2.45) is 5.16 Å². The number of amides is 2. The predicted octanol–water partition coefficient (Wildman–Crippen LogP) is 0.932. The van der Waals surface area contributed by atoms with E-state index in [4.69, 9.17) is 15.7 Å². The van der Waals surface area contributed by atoms with E-state index in [1.807, 2.05) is 0 Å². The molecule has 3 heterocycles. The summed E-state index contributed by atoms with van der Waals surface area (Å²) in [6, 6.07) is -0.803. The summed E-state index contributed by atoms with van der Waals surface area (Å²) in [7, 11) is 0. The second-order valence-electron chi connectivity index (χ2n) is 7.47. The third-order valence-corrected chi connectivity index (χ3v) is 7.17. The standard InChI is InChI=1S/C18H22N6O5S2/c19-18-21-13(23-31-18)11(22-29-10-5-3-1-2-4-6-10)14(25)20-12-15(26)24-7-9(17(27)28)8-30-16(12)24/h7,10,12,16H,1-6,8H2,(H,20,25)(H,27,28)(H2,19,21,23)/t12?,16-/m1/s1. The van der Waals surface area contributed by atoms with Crippen molar-refractivity contribution in [3.05, 3.63) is 17.6 Å². The Morgan fingerprint density at radius 1 is 1.29 bits per heavy atom. The van der Waals surface area contributed by atoms with Gasteiger partial charge >= 0.3 is 5.97 Å². The minimum absolute atomic E-state index is 0.0432. The van der Waals surface area contributed by atoms with Crippen LogP contribution in [0.1, 0.15) is 44.3 Å². The largest absolute Gasteiger partial charge is 0.478 e. The normalized spacial score (nSPS) is 24.5. The van der Waals surface area contributed by atoms with E-state index in [9.17, 15) is 14.4 Å². The first-order chi connectivity index (χ1) is 14.9. The van der Waals surface area contributed by atoms with Gasteiger partial charge in [0, 0.05) is 23.5 Å². The third kappa shape index (κ3) is 4.66. The van der Waals surface area contributed by atoms with E-state index in [2.05, 4.69) is 19.8 Å². The average Bonchev–Trinajstić information content (AvgIpc) is 3.01. The number of thioether (sulfide) groups is 1. The van der Waals surface area contributed by atoms with Crippen LogP contribution in [-0.4, -0.2) is 66.1 Å². The number of carbonyl (C=O) groups is 3. The lowest BCUT2D eigenvalue weighted by Crippen LogP contribution is -2.69. The van der Waals surface area contributed by atoms with Crippen LogP contribution in [0.3, 0.4) is 0 Å². The molecule has 1 aromatic rings. The smallest absolute Gasteiger partial charge is 0.333 e. The zero-order valence-electron chi connectivity index (χ0n) is 16.5. The molecule has 0 radical (unpaired) electrons. The second-order valence-corrected chi connectivity index (χ2v) is 9.36. The molecule has 4 rings (SSSR count). The van der Waals surface area contributed by atoms with Crippen LogP contribution in [0.5, 0.6) is 0 Å². The fourth-order valence-electron chi connectivity index (χ4n) is 3.63. The summed E-state index contributed by atoms with van der Waals surface area (Å²) in [5.74, 6) is -1.81. The molecule has 1 saturated heterocycles. The number of nitrogens with two attached hydrogens (primary N) is 1. The molecule has 3 aliphatic rings.